The van der Waals surface area contributed by atoms with Gasteiger partial charge in [0.1, 0.15) is 11.6 Å². The highest BCUT2D eigenvalue weighted by molar-refractivity contribution is 7.99. The zero-order chi connectivity index (χ0) is 22.2. The normalized spacial score (nSPS) is 10.8. The standard InChI is InChI=1S/C21H26N6O2S2/c1-5-27-18(12-30-20-22-14(3)11-15(4)23-20)25-26-21(27)31-13-19(28)24-16-9-7-8-10-17(16)29-6-2/h7-11H,5-6,12-13H2,1-4H3,(H,24,28). The first kappa shape index (κ1) is 23.1. The molecule has 0 aliphatic rings. The van der Waals surface area contributed by atoms with Gasteiger partial charge < -0.3 is 14.6 Å². The summed E-state index contributed by atoms with van der Waals surface area (Å²) in [5.74, 6) is 2.21. The van der Waals surface area contributed by atoms with Crippen LogP contribution in [-0.4, -0.2) is 43.0 Å². The van der Waals surface area contributed by atoms with Gasteiger partial charge in [-0.15, -0.1) is 10.2 Å². The number of amides is 1. The highest BCUT2D eigenvalue weighted by Gasteiger charge is 2.15. The molecule has 0 fully saturated rings. The molecule has 0 atom stereocenters. The minimum atomic E-state index is -0.123. The lowest BCUT2D eigenvalue weighted by atomic mass is 10.3. The quantitative estimate of drug-likeness (QED) is 0.358. The number of thioether (sulfide) groups is 2. The second kappa shape index (κ2) is 11.1. The summed E-state index contributed by atoms with van der Waals surface area (Å²) < 4.78 is 7.57. The summed E-state index contributed by atoms with van der Waals surface area (Å²) in [6.45, 7) is 9.12. The Bertz CT molecular complexity index is 1020. The van der Waals surface area contributed by atoms with Gasteiger partial charge in [0, 0.05) is 17.9 Å². The summed E-state index contributed by atoms with van der Waals surface area (Å²) in [4.78, 5) is 21.4. The lowest BCUT2D eigenvalue weighted by Crippen LogP contribution is -2.15. The van der Waals surface area contributed by atoms with E-state index in [2.05, 4.69) is 25.5 Å². The van der Waals surface area contributed by atoms with Gasteiger partial charge in [-0.1, -0.05) is 35.7 Å². The summed E-state index contributed by atoms with van der Waals surface area (Å²) in [6, 6.07) is 9.35. The summed E-state index contributed by atoms with van der Waals surface area (Å²) >= 11 is 2.89. The first-order chi connectivity index (χ1) is 15.0. The third kappa shape index (κ3) is 6.44. The SMILES string of the molecule is CCOc1ccccc1NC(=O)CSc1nnc(CSc2nc(C)cc(C)n2)n1CC. The zero-order valence-electron chi connectivity index (χ0n) is 18.1. The van der Waals surface area contributed by atoms with Gasteiger partial charge in [-0.05, 0) is 45.9 Å². The van der Waals surface area contributed by atoms with Crippen molar-refractivity contribution in [1.82, 2.24) is 24.7 Å². The average Bonchev–Trinajstić information content (AvgIpc) is 3.13. The summed E-state index contributed by atoms with van der Waals surface area (Å²) in [7, 11) is 0. The van der Waals surface area contributed by atoms with E-state index in [4.69, 9.17) is 4.74 Å². The number of nitrogens with zero attached hydrogens (tertiary/aromatic N) is 5. The van der Waals surface area contributed by atoms with Crippen LogP contribution in [0.4, 0.5) is 5.69 Å². The molecule has 31 heavy (non-hydrogen) atoms. The molecule has 1 amide bonds. The second-order valence-electron chi connectivity index (χ2n) is 6.63. The predicted octanol–water partition coefficient (Wildman–Crippen LogP) is 4.13. The Kier molecular flexibility index (Phi) is 8.30. The van der Waals surface area contributed by atoms with E-state index in [-0.39, 0.29) is 11.7 Å². The fourth-order valence-corrected chi connectivity index (χ4v) is 4.62. The molecular weight excluding hydrogens is 432 g/mol. The van der Waals surface area contributed by atoms with E-state index in [0.717, 1.165) is 22.4 Å². The number of ether oxygens (including phenoxy) is 1. The number of hydrogen-bond donors (Lipinski definition) is 1. The molecule has 0 saturated heterocycles. The predicted molar refractivity (Wildman–Crippen MR) is 124 cm³/mol. The van der Waals surface area contributed by atoms with Gasteiger partial charge in [-0.3, -0.25) is 4.79 Å². The Morgan fingerprint density at radius 3 is 2.55 bits per heavy atom. The number of hydrogen-bond acceptors (Lipinski definition) is 8. The van der Waals surface area contributed by atoms with Crippen LogP contribution in [0, 0.1) is 13.8 Å². The first-order valence-electron chi connectivity index (χ1n) is 10.0. The van der Waals surface area contributed by atoms with E-state index in [1.807, 2.05) is 62.6 Å². The summed E-state index contributed by atoms with van der Waals surface area (Å²) in [5, 5.41) is 12.9. The van der Waals surface area contributed by atoms with Crippen molar-refractivity contribution in [2.45, 2.75) is 50.3 Å². The number of rotatable bonds is 10. The Hall–Kier alpha value is -2.59. The van der Waals surface area contributed by atoms with E-state index in [9.17, 15) is 4.79 Å². The number of aromatic nitrogens is 5. The van der Waals surface area contributed by atoms with Gasteiger partial charge >= 0.3 is 0 Å². The number of nitrogens with one attached hydrogen (secondary N) is 1. The van der Waals surface area contributed by atoms with E-state index in [0.29, 0.717) is 35.5 Å². The molecule has 0 saturated carbocycles. The number of carbonyl (C=O) groups is 1. The Morgan fingerprint density at radius 2 is 1.84 bits per heavy atom. The Morgan fingerprint density at radius 1 is 1.10 bits per heavy atom. The highest BCUT2D eigenvalue weighted by Crippen LogP contribution is 2.25. The van der Waals surface area contributed by atoms with E-state index < -0.39 is 0 Å². The molecular formula is C21H26N6O2S2. The zero-order valence-corrected chi connectivity index (χ0v) is 19.7. The molecule has 164 valence electrons. The van der Waals surface area contributed by atoms with Crippen molar-refractivity contribution in [3.63, 3.8) is 0 Å². The highest BCUT2D eigenvalue weighted by atomic mass is 32.2. The molecule has 3 aromatic rings. The van der Waals surface area contributed by atoms with Gasteiger partial charge in [0.05, 0.1) is 23.8 Å². The van der Waals surface area contributed by atoms with Gasteiger partial charge in [0.15, 0.2) is 10.3 Å². The lowest BCUT2D eigenvalue weighted by molar-refractivity contribution is -0.113. The van der Waals surface area contributed by atoms with Gasteiger partial charge in [-0.2, -0.15) is 0 Å². The number of anilines is 1. The van der Waals surface area contributed by atoms with Crippen molar-refractivity contribution in [3.05, 3.63) is 47.5 Å². The largest absolute Gasteiger partial charge is 0.492 e. The molecule has 0 aliphatic heterocycles. The fraction of sp³-hybridized carbons (Fsp3) is 0.381. The van der Waals surface area contributed by atoms with Crippen LogP contribution in [0.5, 0.6) is 5.75 Å². The third-order valence-electron chi connectivity index (χ3n) is 4.20. The molecule has 0 aliphatic carbocycles. The molecule has 3 rings (SSSR count). The number of aryl methyl sites for hydroxylation is 2. The molecule has 0 bridgehead atoms. The van der Waals surface area contributed by atoms with E-state index in [1.54, 1.807) is 0 Å². The van der Waals surface area contributed by atoms with Crippen LogP contribution >= 0.6 is 23.5 Å². The van der Waals surface area contributed by atoms with Crippen molar-refractivity contribution in [2.24, 2.45) is 0 Å². The Balaban J connectivity index is 1.60. The molecule has 2 aromatic heterocycles. The molecule has 8 nitrogen and oxygen atoms in total. The summed E-state index contributed by atoms with van der Waals surface area (Å²) in [6.07, 6.45) is 0. The maximum Gasteiger partial charge on any atom is 0.234 e. The monoisotopic (exact) mass is 458 g/mol. The molecule has 0 spiro atoms. The molecule has 2 heterocycles. The topological polar surface area (TPSA) is 94.8 Å². The third-order valence-corrected chi connectivity index (χ3v) is 6.01. The molecule has 0 radical (unpaired) electrons. The molecule has 0 unspecified atom stereocenters. The van der Waals surface area contributed by atoms with E-state index in [1.165, 1.54) is 23.5 Å². The average molecular weight is 459 g/mol. The fourth-order valence-electron chi connectivity index (χ4n) is 2.91. The molecule has 10 heteroatoms. The molecule has 1 N–H and O–H groups in total. The van der Waals surface area contributed by atoms with Crippen LogP contribution in [0.3, 0.4) is 0 Å². The Labute approximate surface area is 190 Å². The van der Waals surface area contributed by atoms with Gasteiger partial charge in [0.2, 0.25) is 5.91 Å². The van der Waals surface area contributed by atoms with Crippen molar-refractivity contribution in [3.8, 4) is 5.75 Å². The van der Waals surface area contributed by atoms with Crippen LogP contribution in [0.1, 0.15) is 31.1 Å². The van der Waals surface area contributed by atoms with Crippen molar-refractivity contribution < 1.29 is 9.53 Å². The van der Waals surface area contributed by atoms with Crippen molar-refractivity contribution in [1.29, 1.82) is 0 Å². The maximum absolute atomic E-state index is 12.5. The van der Waals surface area contributed by atoms with Crippen LogP contribution in [-0.2, 0) is 17.1 Å². The maximum atomic E-state index is 12.5. The molecule has 1 aromatic carbocycles. The van der Waals surface area contributed by atoms with Crippen LogP contribution < -0.4 is 10.1 Å². The minimum absolute atomic E-state index is 0.123. The first-order valence-corrected chi connectivity index (χ1v) is 12.0. The minimum Gasteiger partial charge on any atom is -0.492 e. The van der Waals surface area contributed by atoms with Crippen LogP contribution in [0.15, 0.2) is 40.6 Å². The van der Waals surface area contributed by atoms with Gasteiger partial charge in [0.25, 0.3) is 0 Å². The number of benzene rings is 1. The van der Waals surface area contributed by atoms with Crippen LogP contribution in [0.25, 0.3) is 0 Å². The van der Waals surface area contributed by atoms with Crippen LogP contribution in [0.2, 0.25) is 0 Å². The smallest absolute Gasteiger partial charge is 0.234 e. The number of carbonyl (C=O) groups excluding carboxylic acids is 1. The second-order valence-corrected chi connectivity index (χ2v) is 8.52. The lowest BCUT2D eigenvalue weighted by Gasteiger charge is -2.11. The van der Waals surface area contributed by atoms with Crippen molar-refractivity contribution in [2.75, 3.05) is 17.7 Å². The number of para-hydroxylation sites is 2. The van der Waals surface area contributed by atoms with Crippen molar-refractivity contribution >= 4 is 35.1 Å². The summed E-state index contributed by atoms with van der Waals surface area (Å²) in [5.41, 5.74) is 2.55. The van der Waals surface area contributed by atoms with Gasteiger partial charge in [-0.25, -0.2) is 9.97 Å². The van der Waals surface area contributed by atoms with E-state index >= 15 is 0 Å².